The van der Waals surface area contributed by atoms with Gasteiger partial charge in [0.25, 0.3) is 11.5 Å². The van der Waals surface area contributed by atoms with Crippen molar-refractivity contribution in [1.29, 1.82) is 0 Å². The molecule has 0 saturated carbocycles. The number of anilines is 1. The van der Waals surface area contributed by atoms with E-state index in [4.69, 9.17) is 0 Å². The van der Waals surface area contributed by atoms with E-state index >= 15 is 0 Å². The van der Waals surface area contributed by atoms with Gasteiger partial charge in [0.1, 0.15) is 17.9 Å². The molecule has 2 amide bonds. The number of nitrogens with one attached hydrogen (secondary N) is 2. The van der Waals surface area contributed by atoms with Gasteiger partial charge in [0.15, 0.2) is 0 Å². The van der Waals surface area contributed by atoms with E-state index in [0.717, 1.165) is 4.57 Å². The van der Waals surface area contributed by atoms with Crippen LogP contribution in [-0.2, 0) is 24.4 Å². The summed E-state index contributed by atoms with van der Waals surface area (Å²) in [4.78, 5) is 37.1. The highest BCUT2D eigenvalue weighted by Gasteiger charge is 2.14. The van der Waals surface area contributed by atoms with E-state index in [9.17, 15) is 18.8 Å². The number of nitrogens with zero attached hydrogens (tertiary/aromatic N) is 3. The van der Waals surface area contributed by atoms with Crippen LogP contribution in [0.3, 0.4) is 0 Å². The lowest BCUT2D eigenvalue weighted by Gasteiger charge is -2.09. The Hall–Kier alpha value is -3.75. The lowest BCUT2D eigenvalue weighted by atomic mass is 10.2. The summed E-state index contributed by atoms with van der Waals surface area (Å²) in [7, 11) is 0. The first-order chi connectivity index (χ1) is 14.0. The van der Waals surface area contributed by atoms with Gasteiger partial charge in [-0.3, -0.25) is 19.1 Å². The van der Waals surface area contributed by atoms with Gasteiger partial charge >= 0.3 is 0 Å². The molecule has 2 N–H and O–H groups in total. The average Bonchev–Trinajstić information content (AvgIpc) is 3.16. The number of carbonyl (C=O) groups is 2. The summed E-state index contributed by atoms with van der Waals surface area (Å²) in [5, 5.41) is 9.34. The van der Waals surface area contributed by atoms with Crippen molar-refractivity contribution in [2.45, 2.75) is 26.6 Å². The van der Waals surface area contributed by atoms with Gasteiger partial charge < -0.3 is 15.2 Å². The molecular weight excluding hydrogens is 377 g/mol. The molecule has 29 heavy (non-hydrogen) atoms. The molecule has 2 heterocycles. The smallest absolute Gasteiger partial charge is 0.263 e. The van der Waals surface area contributed by atoms with E-state index in [-0.39, 0.29) is 24.5 Å². The zero-order valence-corrected chi connectivity index (χ0v) is 15.8. The summed E-state index contributed by atoms with van der Waals surface area (Å²) < 4.78 is 15.8. The minimum absolute atomic E-state index is 0.0822. The largest absolute Gasteiger partial charge is 0.348 e. The topological polar surface area (TPSA) is 98.0 Å². The van der Waals surface area contributed by atoms with Crippen molar-refractivity contribution in [1.82, 2.24) is 19.7 Å². The van der Waals surface area contributed by atoms with Crippen LogP contribution >= 0.6 is 0 Å². The molecule has 9 heteroatoms. The fourth-order valence-corrected chi connectivity index (χ4v) is 2.67. The molecule has 8 nitrogen and oxygen atoms in total. The van der Waals surface area contributed by atoms with Crippen molar-refractivity contribution >= 4 is 17.5 Å². The van der Waals surface area contributed by atoms with Gasteiger partial charge in [-0.05, 0) is 36.8 Å². The fraction of sp³-hybridized carbons (Fsp3) is 0.200. The number of halogens is 1. The van der Waals surface area contributed by atoms with Gasteiger partial charge in [0, 0.05) is 25.5 Å². The summed E-state index contributed by atoms with van der Waals surface area (Å²) in [6.07, 6.45) is 4.64. The van der Waals surface area contributed by atoms with Gasteiger partial charge in [-0.2, -0.15) is 5.10 Å². The number of aromatic nitrogens is 3. The quantitative estimate of drug-likeness (QED) is 0.635. The molecule has 3 rings (SSSR count). The number of benzene rings is 1. The lowest BCUT2D eigenvalue weighted by Crippen LogP contribution is -2.34. The highest BCUT2D eigenvalue weighted by atomic mass is 19.1. The summed E-state index contributed by atoms with van der Waals surface area (Å²) in [5.41, 5.74) is 0.561. The Morgan fingerprint density at radius 3 is 2.62 bits per heavy atom. The highest BCUT2D eigenvalue weighted by molar-refractivity contribution is 5.94. The van der Waals surface area contributed by atoms with Crippen LogP contribution in [0.4, 0.5) is 10.1 Å². The summed E-state index contributed by atoms with van der Waals surface area (Å²) in [6, 6.07) is 8.59. The molecule has 0 saturated heterocycles. The standard InChI is InChI=1S/C20H20FN5O3/c1-2-26-12-16(11-23-26)24-18(27)13-25-9-3-4-17(20(25)29)19(28)22-10-14-5-7-15(21)8-6-14/h3-9,11-12H,2,10,13H2,1H3,(H,22,28)(H,24,27). The SMILES string of the molecule is CCn1cc(NC(=O)Cn2cccc(C(=O)NCc3ccc(F)cc3)c2=O)cn1. The van der Waals surface area contributed by atoms with E-state index in [2.05, 4.69) is 15.7 Å². The molecule has 0 bridgehead atoms. The number of hydrogen-bond donors (Lipinski definition) is 2. The molecule has 0 aliphatic heterocycles. The van der Waals surface area contributed by atoms with Crippen LogP contribution in [0.25, 0.3) is 0 Å². The van der Waals surface area contributed by atoms with Crippen LogP contribution < -0.4 is 16.2 Å². The molecule has 0 unspecified atom stereocenters. The molecule has 0 spiro atoms. The molecule has 1 aromatic carbocycles. The second-order valence-corrected chi connectivity index (χ2v) is 6.30. The fourth-order valence-electron chi connectivity index (χ4n) is 2.67. The number of rotatable bonds is 7. The highest BCUT2D eigenvalue weighted by Crippen LogP contribution is 2.05. The second kappa shape index (κ2) is 8.96. The normalized spacial score (nSPS) is 10.6. The van der Waals surface area contributed by atoms with Gasteiger partial charge in [0.05, 0.1) is 11.9 Å². The first-order valence-electron chi connectivity index (χ1n) is 9.00. The Labute approximate surface area is 166 Å². The lowest BCUT2D eigenvalue weighted by molar-refractivity contribution is -0.116. The van der Waals surface area contributed by atoms with Crippen molar-refractivity contribution in [3.63, 3.8) is 0 Å². The Balaban J connectivity index is 1.64. The number of pyridine rings is 1. The van der Waals surface area contributed by atoms with E-state index in [1.807, 2.05) is 6.92 Å². The third kappa shape index (κ3) is 5.16. The molecule has 2 aromatic heterocycles. The van der Waals surface area contributed by atoms with E-state index < -0.39 is 17.4 Å². The Bertz CT molecular complexity index is 1070. The Morgan fingerprint density at radius 2 is 1.93 bits per heavy atom. The zero-order chi connectivity index (χ0) is 20.8. The predicted molar refractivity (Wildman–Crippen MR) is 105 cm³/mol. The molecule has 150 valence electrons. The van der Waals surface area contributed by atoms with Crippen molar-refractivity contribution in [2.24, 2.45) is 0 Å². The van der Waals surface area contributed by atoms with Crippen LogP contribution in [0.15, 0.2) is 59.8 Å². The third-order valence-corrected chi connectivity index (χ3v) is 4.19. The Kier molecular flexibility index (Phi) is 6.18. The maximum absolute atomic E-state index is 12.9. The second-order valence-electron chi connectivity index (χ2n) is 6.30. The summed E-state index contributed by atoms with van der Waals surface area (Å²) in [6.45, 7) is 2.50. The molecule has 3 aromatic rings. The zero-order valence-electron chi connectivity index (χ0n) is 15.8. The number of carbonyl (C=O) groups excluding carboxylic acids is 2. The molecule has 0 atom stereocenters. The van der Waals surface area contributed by atoms with Gasteiger partial charge in [-0.25, -0.2) is 4.39 Å². The number of amides is 2. The molecule has 0 fully saturated rings. The number of aryl methyl sites for hydroxylation is 1. The van der Waals surface area contributed by atoms with Crippen LogP contribution in [-0.4, -0.2) is 26.2 Å². The first-order valence-corrected chi connectivity index (χ1v) is 9.00. The molecule has 0 aliphatic rings. The molecular formula is C20H20FN5O3. The van der Waals surface area contributed by atoms with Gasteiger partial charge in [0.2, 0.25) is 5.91 Å². The maximum Gasteiger partial charge on any atom is 0.263 e. The van der Waals surface area contributed by atoms with Crippen LogP contribution in [0.2, 0.25) is 0 Å². The summed E-state index contributed by atoms with van der Waals surface area (Å²) >= 11 is 0. The van der Waals surface area contributed by atoms with Crippen LogP contribution in [0, 0.1) is 5.82 Å². The van der Waals surface area contributed by atoms with Gasteiger partial charge in [-0.15, -0.1) is 0 Å². The monoisotopic (exact) mass is 397 g/mol. The van der Waals surface area contributed by atoms with Crippen molar-refractivity contribution in [2.75, 3.05) is 5.32 Å². The third-order valence-electron chi connectivity index (χ3n) is 4.19. The molecule has 0 radical (unpaired) electrons. The van der Waals surface area contributed by atoms with E-state index in [0.29, 0.717) is 17.8 Å². The number of hydrogen-bond acceptors (Lipinski definition) is 4. The predicted octanol–water partition coefficient (Wildman–Crippen LogP) is 1.77. The van der Waals surface area contributed by atoms with Crippen molar-refractivity contribution in [3.8, 4) is 0 Å². The van der Waals surface area contributed by atoms with E-state index in [1.165, 1.54) is 36.7 Å². The maximum atomic E-state index is 12.9. The average molecular weight is 397 g/mol. The van der Waals surface area contributed by atoms with Crippen molar-refractivity contribution < 1.29 is 14.0 Å². The first kappa shape index (κ1) is 20.0. The van der Waals surface area contributed by atoms with E-state index in [1.54, 1.807) is 23.0 Å². The van der Waals surface area contributed by atoms with Crippen molar-refractivity contribution in [3.05, 3.63) is 82.3 Å². The van der Waals surface area contributed by atoms with Crippen LogP contribution in [0.1, 0.15) is 22.8 Å². The van der Waals surface area contributed by atoms with Crippen LogP contribution in [0.5, 0.6) is 0 Å². The van der Waals surface area contributed by atoms with Gasteiger partial charge in [-0.1, -0.05) is 12.1 Å². The summed E-state index contributed by atoms with van der Waals surface area (Å²) in [5.74, 6) is -1.35. The Morgan fingerprint density at radius 1 is 1.17 bits per heavy atom. The minimum Gasteiger partial charge on any atom is -0.348 e. The molecule has 0 aliphatic carbocycles. The minimum atomic E-state index is -0.580.